The van der Waals surface area contributed by atoms with E-state index in [9.17, 15) is 9.50 Å². The molecule has 1 aliphatic carbocycles. The average Bonchev–Trinajstić information content (AvgIpc) is 2.89. The van der Waals surface area contributed by atoms with Gasteiger partial charge in [0.25, 0.3) is 0 Å². The second-order valence-corrected chi connectivity index (χ2v) is 5.73. The molecule has 0 spiro atoms. The van der Waals surface area contributed by atoms with Crippen LogP contribution in [-0.4, -0.2) is 34.1 Å². The van der Waals surface area contributed by atoms with E-state index in [0.717, 1.165) is 11.1 Å². The summed E-state index contributed by atoms with van der Waals surface area (Å²) in [5.41, 5.74) is 1.82. The Balaban J connectivity index is 1.68. The Morgan fingerprint density at radius 1 is 1.50 bits per heavy atom. The van der Waals surface area contributed by atoms with E-state index in [1.54, 1.807) is 24.1 Å². The molecule has 22 heavy (non-hydrogen) atoms. The lowest BCUT2D eigenvalue weighted by Gasteiger charge is -2.42. The van der Waals surface area contributed by atoms with E-state index < -0.39 is 6.10 Å². The van der Waals surface area contributed by atoms with E-state index in [1.165, 1.54) is 12.1 Å². The third kappa shape index (κ3) is 2.84. The highest BCUT2D eigenvalue weighted by Crippen LogP contribution is 2.33. The first-order chi connectivity index (χ1) is 10.6. The maximum Gasteiger partial charge on any atom is 0.123 e. The molecule has 1 heterocycles. The number of benzene rings is 1. The number of rotatable bonds is 5. The first-order valence-electron chi connectivity index (χ1n) is 7.33. The summed E-state index contributed by atoms with van der Waals surface area (Å²) < 4.78 is 20.4. The van der Waals surface area contributed by atoms with Crippen molar-refractivity contribution in [1.29, 1.82) is 0 Å². The largest absolute Gasteiger partial charge is 0.496 e. The van der Waals surface area contributed by atoms with Gasteiger partial charge in [0.1, 0.15) is 11.6 Å². The summed E-state index contributed by atoms with van der Waals surface area (Å²) in [6, 6.07) is 4.48. The Kier molecular flexibility index (Phi) is 4.13. The van der Waals surface area contributed by atoms with E-state index in [4.69, 9.17) is 4.74 Å². The summed E-state index contributed by atoms with van der Waals surface area (Å²) in [7, 11) is 1.57. The van der Waals surface area contributed by atoms with Gasteiger partial charge in [-0.3, -0.25) is 4.68 Å². The monoisotopic (exact) mass is 305 g/mol. The Bertz CT molecular complexity index is 659. The number of hydrogen-bond acceptors (Lipinski definition) is 4. The predicted octanol–water partition coefficient (Wildman–Crippen LogP) is 1.80. The van der Waals surface area contributed by atoms with Gasteiger partial charge in [0, 0.05) is 24.3 Å². The molecule has 0 aliphatic heterocycles. The fraction of sp³-hybridized carbons (Fsp3) is 0.438. The zero-order valence-corrected chi connectivity index (χ0v) is 12.7. The van der Waals surface area contributed by atoms with E-state index in [1.807, 2.05) is 13.1 Å². The van der Waals surface area contributed by atoms with Gasteiger partial charge in [0.2, 0.25) is 0 Å². The minimum absolute atomic E-state index is 0.0896. The van der Waals surface area contributed by atoms with Gasteiger partial charge >= 0.3 is 0 Å². The number of nitrogens with zero attached hydrogens (tertiary/aromatic N) is 2. The third-order valence-electron chi connectivity index (χ3n) is 4.14. The maximum atomic E-state index is 13.4. The molecule has 1 saturated carbocycles. The Morgan fingerprint density at radius 3 is 2.95 bits per heavy atom. The van der Waals surface area contributed by atoms with Crippen molar-refractivity contribution in [3.8, 4) is 5.75 Å². The standard InChI is InChI=1S/C16H20FN3O2/c1-10-7-19-20(9-10)16-13(6-14(16)21)18-8-11-5-12(17)3-4-15(11)22-2/h3-5,7,9,13-14,16,18,21H,6,8H2,1-2H3/t13-,14+,16+/m0/s1. The van der Waals surface area contributed by atoms with Crippen molar-refractivity contribution in [3.63, 3.8) is 0 Å². The van der Waals surface area contributed by atoms with Crippen LogP contribution in [0.4, 0.5) is 4.39 Å². The van der Waals surface area contributed by atoms with Crippen LogP contribution in [0.2, 0.25) is 0 Å². The molecular weight excluding hydrogens is 285 g/mol. The van der Waals surface area contributed by atoms with Crippen LogP contribution in [0.5, 0.6) is 5.75 Å². The Morgan fingerprint density at radius 2 is 2.32 bits per heavy atom. The van der Waals surface area contributed by atoms with Crippen LogP contribution in [0, 0.1) is 12.7 Å². The van der Waals surface area contributed by atoms with Crippen molar-refractivity contribution in [3.05, 3.63) is 47.5 Å². The van der Waals surface area contributed by atoms with Crippen LogP contribution in [0.1, 0.15) is 23.6 Å². The molecule has 118 valence electrons. The average molecular weight is 305 g/mol. The van der Waals surface area contributed by atoms with Gasteiger partial charge in [-0.15, -0.1) is 0 Å². The number of aromatic nitrogens is 2. The maximum absolute atomic E-state index is 13.4. The minimum atomic E-state index is -0.411. The van der Waals surface area contributed by atoms with E-state index >= 15 is 0 Å². The molecule has 0 saturated heterocycles. The van der Waals surface area contributed by atoms with Crippen LogP contribution in [0.3, 0.4) is 0 Å². The third-order valence-corrected chi connectivity index (χ3v) is 4.14. The Labute approximate surface area is 128 Å². The molecular formula is C16H20FN3O2. The van der Waals surface area contributed by atoms with Gasteiger partial charge in [-0.25, -0.2) is 4.39 Å². The van der Waals surface area contributed by atoms with Gasteiger partial charge in [-0.2, -0.15) is 5.10 Å². The van der Waals surface area contributed by atoms with Gasteiger partial charge in [-0.05, 0) is 37.1 Å². The molecule has 1 aromatic heterocycles. The molecule has 2 N–H and O–H groups in total. The van der Waals surface area contributed by atoms with Crippen LogP contribution in [0.25, 0.3) is 0 Å². The topological polar surface area (TPSA) is 59.3 Å². The first-order valence-corrected chi connectivity index (χ1v) is 7.33. The van der Waals surface area contributed by atoms with E-state index in [-0.39, 0.29) is 17.9 Å². The molecule has 3 rings (SSSR count). The second kappa shape index (κ2) is 6.06. The zero-order valence-electron chi connectivity index (χ0n) is 12.7. The number of nitrogens with one attached hydrogen (secondary N) is 1. The lowest BCUT2D eigenvalue weighted by atomic mass is 9.83. The summed E-state index contributed by atoms with van der Waals surface area (Å²) in [6.45, 7) is 2.45. The highest BCUT2D eigenvalue weighted by Gasteiger charge is 2.41. The lowest BCUT2D eigenvalue weighted by molar-refractivity contribution is -0.00829. The van der Waals surface area contributed by atoms with Crippen molar-refractivity contribution in [1.82, 2.24) is 15.1 Å². The summed E-state index contributed by atoms with van der Waals surface area (Å²) in [5.74, 6) is 0.366. The summed E-state index contributed by atoms with van der Waals surface area (Å²) in [5, 5.41) is 17.6. The fourth-order valence-electron chi connectivity index (χ4n) is 2.90. The second-order valence-electron chi connectivity index (χ2n) is 5.73. The highest BCUT2D eigenvalue weighted by molar-refractivity contribution is 5.34. The summed E-state index contributed by atoms with van der Waals surface area (Å²) in [6.07, 6.45) is 3.94. The first kappa shape index (κ1) is 15.0. The summed E-state index contributed by atoms with van der Waals surface area (Å²) in [4.78, 5) is 0. The van der Waals surface area contributed by atoms with Crippen LogP contribution >= 0.6 is 0 Å². The molecule has 3 atom stereocenters. The summed E-state index contributed by atoms with van der Waals surface area (Å²) >= 11 is 0. The van der Waals surface area contributed by atoms with Crippen LogP contribution in [-0.2, 0) is 6.54 Å². The number of halogens is 1. The fourth-order valence-corrected chi connectivity index (χ4v) is 2.90. The molecule has 0 amide bonds. The van der Waals surface area contributed by atoms with Crippen LogP contribution < -0.4 is 10.1 Å². The van der Waals surface area contributed by atoms with Gasteiger partial charge in [-0.1, -0.05) is 0 Å². The number of hydrogen-bond donors (Lipinski definition) is 2. The van der Waals surface area contributed by atoms with Crippen molar-refractivity contribution in [2.75, 3.05) is 7.11 Å². The minimum Gasteiger partial charge on any atom is -0.496 e. The van der Waals surface area contributed by atoms with Gasteiger partial charge in [0.05, 0.1) is 25.5 Å². The molecule has 2 aromatic rings. The molecule has 0 unspecified atom stereocenters. The molecule has 6 heteroatoms. The number of aryl methyl sites for hydroxylation is 1. The van der Waals surface area contributed by atoms with Gasteiger partial charge < -0.3 is 15.2 Å². The normalized spacial score (nSPS) is 24.1. The molecule has 1 fully saturated rings. The SMILES string of the molecule is COc1ccc(F)cc1CN[C@H]1C[C@@H](O)[C@@H]1n1cc(C)cn1. The van der Waals surface area contributed by atoms with Crippen molar-refractivity contribution in [2.45, 2.75) is 38.1 Å². The molecule has 1 aliphatic rings. The van der Waals surface area contributed by atoms with Crippen molar-refractivity contribution >= 4 is 0 Å². The molecule has 0 bridgehead atoms. The molecule has 0 radical (unpaired) electrons. The van der Waals surface area contributed by atoms with Crippen molar-refractivity contribution in [2.24, 2.45) is 0 Å². The van der Waals surface area contributed by atoms with Gasteiger partial charge in [0.15, 0.2) is 0 Å². The van der Waals surface area contributed by atoms with E-state index in [0.29, 0.717) is 18.7 Å². The molecule has 1 aromatic carbocycles. The van der Waals surface area contributed by atoms with Crippen LogP contribution in [0.15, 0.2) is 30.6 Å². The smallest absolute Gasteiger partial charge is 0.123 e. The predicted molar refractivity (Wildman–Crippen MR) is 80.2 cm³/mol. The van der Waals surface area contributed by atoms with Crippen molar-refractivity contribution < 1.29 is 14.2 Å². The number of methoxy groups -OCH3 is 1. The van der Waals surface area contributed by atoms with E-state index in [2.05, 4.69) is 10.4 Å². The number of aliphatic hydroxyl groups excluding tert-OH is 1. The zero-order chi connectivity index (χ0) is 15.7. The molecule has 5 nitrogen and oxygen atoms in total. The number of aliphatic hydroxyl groups is 1. The lowest BCUT2D eigenvalue weighted by Crippen LogP contribution is -2.54. The number of ether oxygens (including phenoxy) is 1. The quantitative estimate of drug-likeness (QED) is 0.884. The Hall–Kier alpha value is -1.92. The highest BCUT2D eigenvalue weighted by atomic mass is 19.1.